The number of anilines is 1. The third-order valence-corrected chi connectivity index (χ3v) is 4.17. The van der Waals surface area contributed by atoms with Gasteiger partial charge in [-0.05, 0) is 44.4 Å². The van der Waals surface area contributed by atoms with E-state index in [9.17, 15) is 0 Å². The Bertz CT molecular complexity index is 504. The molecule has 0 aromatic heterocycles. The summed E-state index contributed by atoms with van der Waals surface area (Å²) in [5.41, 5.74) is 2.57. The van der Waals surface area contributed by atoms with Crippen LogP contribution in [0.5, 0.6) is 0 Å². The summed E-state index contributed by atoms with van der Waals surface area (Å²) in [6.07, 6.45) is 2.63. The van der Waals surface area contributed by atoms with Crippen molar-refractivity contribution in [3.05, 3.63) is 29.8 Å². The molecule has 0 amide bonds. The number of guanidine groups is 1. The van der Waals surface area contributed by atoms with Crippen LogP contribution in [0.1, 0.15) is 25.3 Å². The third-order valence-electron chi connectivity index (χ3n) is 4.17. The van der Waals surface area contributed by atoms with E-state index in [0.717, 1.165) is 45.2 Å². The predicted molar refractivity (Wildman–Crippen MR) is 113 cm³/mol. The molecule has 0 spiro atoms. The quantitative estimate of drug-likeness (QED) is 0.384. The molecule has 5 nitrogen and oxygen atoms in total. The molecule has 0 saturated carbocycles. The Balaban J connectivity index is 0.00000288. The Morgan fingerprint density at radius 2 is 2.21 bits per heavy atom. The van der Waals surface area contributed by atoms with E-state index >= 15 is 0 Å². The molecule has 24 heavy (non-hydrogen) atoms. The van der Waals surface area contributed by atoms with Gasteiger partial charge < -0.3 is 20.3 Å². The summed E-state index contributed by atoms with van der Waals surface area (Å²) in [5.74, 6) is 0.848. The molecule has 2 N–H and O–H groups in total. The van der Waals surface area contributed by atoms with Gasteiger partial charge in [-0.1, -0.05) is 12.1 Å². The highest BCUT2D eigenvalue weighted by Crippen LogP contribution is 2.15. The number of aliphatic imine (C=N–C) groups is 1. The zero-order valence-electron chi connectivity index (χ0n) is 15.0. The average Bonchev–Trinajstić information content (AvgIpc) is 3.08. The number of rotatable bonds is 7. The smallest absolute Gasteiger partial charge is 0.191 e. The topological polar surface area (TPSA) is 48.9 Å². The van der Waals surface area contributed by atoms with Crippen molar-refractivity contribution in [1.29, 1.82) is 0 Å². The second-order valence-corrected chi connectivity index (χ2v) is 5.93. The van der Waals surface area contributed by atoms with Crippen LogP contribution in [0.2, 0.25) is 0 Å². The fraction of sp³-hybridized carbons (Fsp3) is 0.611. The first-order chi connectivity index (χ1) is 11.2. The number of aryl methyl sites for hydroxylation is 1. The van der Waals surface area contributed by atoms with E-state index in [1.54, 1.807) is 0 Å². The van der Waals surface area contributed by atoms with Crippen molar-refractivity contribution in [3.63, 3.8) is 0 Å². The van der Waals surface area contributed by atoms with Crippen LogP contribution in [0.15, 0.2) is 29.3 Å². The van der Waals surface area contributed by atoms with Crippen LogP contribution in [0.4, 0.5) is 5.69 Å². The minimum Gasteiger partial charge on any atom is -0.376 e. The highest BCUT2D eigenvalue weighted by Gasteiger charge is 2.15. The van der Waals surface area contributed by atoms with Crippen LogP contribution in [-0.4, -0.2) is 51.9 Å². The van der Waals surface area contributed by atoms with E-state index in [0.29, 0.717) is 6.10 Å². The van der Waals surface area contributed by atoms with Crippen LogP contribution in [0.25, 0.3) is 0 Å². The van der Waals surface area contributed by atoms with Crippen LogP contribution >= 0.6 is 24.0 Å². The lowest BCUT2D eigenvalue weighted by atomic mass is 10.2. The molecule has 1 fully saturated rings. The maximum atomic E-state index is 5.62. The number of nitrogens with one attached hydrogen (secondary N) is 2. The van der Waals surface area contributed by atoms with E-state index < -0.39 is 0 Å². The molecule has 0 aliphatic carbocycles. The lowest BCUT2D eigenvalue weighted by Gasteiger charge is -2.24. The predicted octanol–water partition coefficient (Wildman–Crippen LogP) is 2.78. The van der Waals surface area contributed by atoms with E-state index in [1.165, 1.54) is 17.7 Å². The third kappa shape index (κ3) is 6.84. The van der Waals surface area contributed by atoms with Gasteiger partial charge >= 0.3 is 0 Å². The molecule has 1 atom stereocenters. The Hall–Kier alpha value is -1.02. The van der Waals surface area contributed by atoms with Crippen molar-refractivity contribution in [2.75, 3.05) is 44.7 Å². The molecule has 1 aromatic rings. The summed E-state index contributed by atoms with van der Waals surface area (Å²) in [6, 6.07) is 8.64. The largest absolute Gasteiger partial charge is 0.376 e. The fourth-order valence-electron chi connectivity index (χ4n) is 2.84. The monoisotopic (exact) mass is 446 g/mol. The van der Waals surface area contributed by atoms with Crippen molar-refractivity contribution < 1.29 is 4.74 Å². The molecule has 1 aromatic carbocycles. The molecule has 1 unspecified atom stereocenters. The number of hydrogen-bond donors (Lipinski definition) is 2. The zero-order chi connectivity index (χ0) is 16.5. The first-order valence-electron chi connectivity index (χ1n) is 8.60. The fourth-order valence-corrected chi connectivity index (χ4v) is 2.84. The molecule has 1 aliphatic rings. The number of likely N-dealkylation sites (N-methyl/N-ethyl adjacent to an activating group) is 1. The van der Waals surface area contributed by atoms with Crippen molar-refractivity contribution >= 4 is 35.6 Å². The maximum absolute atomic E-state index is 5.62. The van der Waals surface area contributed by atoms with Crippen molar-refractivity contribution in [1.82, 2.24) is 10.6 Å². The normalized spacial score (nSPS) is 17.3. The summed E-state index contributed by atoms with van der Waals surface area (Å²) in [5, 5.41) is 6.73. The first-order valence-corrected chi connectivity index (χ1v) is 8.60. The molecule has 0 bridgehead atoms. The summed E-state index contributed by atoms with van der Waals surface area (Å²) in [7, 11) is 1.81. The van der Waals surface area contributed by atoms with Crippen LogP contribution < -0.4 is 15.5 Å². The van der Waals surface area contributed by atoms with Gasteiger partial charge in [-0.15, -0.1) is 24.0 Å². The number of benzene rings is 1. The summed E-state index contributed by atoms with van der Waals surface area (Å²) < 4.78 is 5.62. The zero-order valence-corrected chi connectivity index (χ0v) is 17.4. The minimum absolute atomic E-state index is 0. The standard InChI is InChI=1S/C18H30N4O.HI/c1-4-22(16-8-5-7-15(2)13-16)11-10-20-18(19-3)21-14-17-9-6-12-23-17;/h5,7-8,13,17H,4,6,9-12,14H2,1-3H3,(H2,19,20,21);1H. The molecule has 2 rings (SSSR count). The van der Waals surface area contributed by atoms with Gasteiger partial charge in [0.2, 0.25) is 0 Å². The molecule has 1 saturated heterocycles. The number of hydrogen-bond acceptors (Lipinski definition) is 3. The summed E-state index contributed by atoms with van der Waals surface area (Å²) >= 11 is 0. The van der Waals surface area contributed by atoms with Crippen LogP contribution in [0, 0.1) is 6.92 Å². The van der Waals surface area contributed by atoms with Gasteiger partial charge in [0.25, 0.3) is 0 Å². The van der Waals surface area contributed by atoms with Gasteiger partial charge in [0.05, 0.1) is 6.10 Å². The highest BCUT2D eigenvalue weighted by atomic mass is 127. The van der Waals surface area contributed by atoms with Crippen LogP contribution in [-0.2, 0) is 4.74 Å². The van der Waals surface area contributed by atoms with Gasteiger partial charge in [-0.3, -0.25) is 4.99 Å². The molecule has 136 valence electrons. The molecule has 6 heteroatoms. The highest BCUT2D eigenvalue weighted by molar-refractivity contribution is 14.0. The van der Waals surface area contributed by atoms with Crippen molar-refractivity contribution in [3.8, 4) is 0 Å². The first kappa shape index (κ1) is 21.0. The van der Waals surface area contributed by atoms with Gasteiger partial charge in [0.15, 0.2) is 5.96 Å². The Kier molecular flexibility index (Phi) is 10.1. The van der Waals surface area contributed by atoms with E-state index in [4.69, 9.17) is 4.74 Å². The molecule has 1 heterocycles. The Labute approximate surface area is 163 Å². The number of nitrogens with zero attached hydrogens (tertiary/aromatic N) is 2. The van der Waals surface area contributed by atoms with Gasteiger partial charge in [0.1, 0.15) is 0 Å². The molecule has 1 aliphatic heterocycles. The van der Waals surface area contributed by atoms with E-state index in [2.05, 4.69) is 58.6 Å². The van der Waals surface area contributed by atoms with Crippen molar-refractivity contribution in [2.24, 2.45) is 4.99 Å². The Morgan fingerprint density at radius 1 is 1.38 bits per heavy atom. The van der Waals surface area contributed by atoms with Gasteiger partial charge in [-0.2, -0.15) is 0 Å². The van der Waals surface area contributed by atoms with Crippen LogP contribution in [0.3, 0.4) is 0 Å². The molecule has 0 radical (unpaired) electrons. The van der Waals surface area contributed by atoms with Crippen molar-refractivity contribution in [2.45, 2.75) is 32.8 Å². The van der Waals surface area contributed by atoms with E-state index in [-0.39, 0.29) is 24.0 Å². The van der Waals surface area contributed by atoms with Gasteiger partial charge in [0, 0.05) is 45.5 Å². The number of ether oxygens (including phenoxy) is 1. The second kappa shape index (κ2) is 11.5. The minimum atomic E-state index is 0. The lowest BCUT2D eigenvalue weighted by molar-refractivity contribution is 0.114. The Morgan fingerprint density at radius 3 is 2.83 bits per heavy atom. The maximum Gasteiger partial charge on any atom is 0.191 e. The van der Waals surface area contributed by atoms with Gasteiger partial charge in [-0.25, -0.2) is 0 Å². The molecular weight excluding hydrogens is 415 g/mol. The lowest BCUT2D eigenvalue weighted by Crippen LogP contribution is -2.44. The van der Waals surface area contributed by atoms with E-state index in [1.807, 2.05) is 7.05 Å². The summed E-state index contributed by atoms with van der Waals surface area (Å²) in [4.78, 5) is 6.65. The molecular formula is C18H31IN4O. The summed E-state index contributed by atoms with van der Waals surface area (Å²) in [6.45, 7) is 8.83. The SMILES string of the molecule is CCN(CCNC(=NC)NCC1CCCO1)c1cccc(C)c1.I. The number of halogens is 1. The second-order valence-electron chi connectivity index (χ2n) is 5.93. The average molecular weight is 446 g/mol.